The van der Waals surface area contributed by atoms with Crippen LogP contribution < -0.4 is 5.32 Å². The summed E-state index contributed by atoms with van der Waals surface area (Å²) >= 11 is 0. The summed E-state index contributed by atoms with van der Waals surface area (Å²) < 4.78 is 18.8. The first kappa shape index (κ1) is 14.5. The molecule has 0 aliphatic heterocycles. The molecule has 2 nitrogen and oxygen atoms in total. The fourth-order valence-electron chi connectivity index (χ4n) is 2.98. The van der Waals surface area contributed by atoms with Gasteiger partial charge in [0.2, 0.25) is 0 Å². The molecule has 0 aromatic heterocycles. The van der Waals surface area contributed by atoms with Crippen LogP contribution in [0.1, 0.15) is 45.2 Å². The predicted octanol–water partition coefficient (Wildman–Crippen LogP) is 3.68. The van der Waals surface area contributed by atoms with Gasteiger partial charge >= 0.3 is 0 Å². The van der Waals surface area contributed by atoms with Crippen LogP contribution in [0.5, 0.6) is 0 Å². The van der Waals surface area contributed by atoms with Gasteiger partial charge in [-0.3, -0.25) is 0 Å². The summed E-state index contributed by atoms with van der Waals surface area (Å²) in [7, 11) is 1.77. The van der Waals surface area contributed by atoms with Crippen LogP contribution in [0.3, 0.4) is 0 Å². The number of ether oxygens (including phenoxy) is 1. The lowest BCUT2D eigenvalue weighted by atomic mass is 9.64. The van der Waals surface area contributed by atoms with E-state index in [-0.39, 0.29) is 17.3 Å². The molecule has 0 radical (unpaired) electrons. The molecule has 1 aromatic carbocycles. The maximum atomic E-state index is 13.3. The molecule has 1 aromatic rings. The van der Waals surface area contributed by atoms with E-state index in [0.717, 1.165) is 18.4 Å². The van der Waals surface area contributed by atoms with Gasteiger partial charge in [-0.25, -0.2) is 4.39 Å². The average molecular weight is 265 g/mol. The van der Waals surface area contributed by atoms with Gasteiger partial charge < -0.3 is 10.1 Å². The molecular weight excluding hydrogens is 241 g/mol. The smallest absolute Gasteiger partial charge is 0.123 e. The summed E-state index contributed by atoms with van der Waals surface area (Å²) in [6.07, 6.45) is 2.29. The molecule has 1 saturated carbocycles. The van der Waals surface area contributed by atoms with Crippen LogP contribution in [0.4, 0.5) is 4.39 Å². The highest BCUT2D eigenvalue weighted by Gasteiger charge is 2.48. The zero-order valence-corrected chi connectivity index (χ0v) is 12.2. The zero-order valence-electron chi connectivity index (χ0n) is 12.2. The van der Waals surface area contributed by atoms with Crippen LogP contribution in [0.25, 0.3) is 0 Å². The Kier molecular flexibility index (Phi) is 4.26. The van der Waals surface area contributed by atoms with E-state index < -0.39 is 0 Å². The Hall–Kier alpha value is -0.930. The van der Waals surface area contributed by atoms with Gasteiger partial charge in [-0.1, -0.05) is 32.9 Å². The Balaban J connectivity index is 2.05. The SMILES string of the molecule is CCC(NC1CC(OC)C1(C)C)c1cccc(F)c1. The Morgan fingerprint density at radius 2 is 2.21 bits per heavy atom. The Morgan fingerprint density at radius 3 is 2.74 bits per heavy atom. The molecule has 1 fully saturated rings. The first-order valence-corrected chi connectivity index (χ1v) is 7.03. The molecule has 0 amide bonds. The standard InChI is InChI=1S/C16H24FNO/c1-5-13(11-7-6-8-12(17)9-11)18-14-10-15(19-4)16(14,2)3/h6-9,13-15,18H,5,10H2,1-4H3. The van der Waals surface area contributed by atoms with Crippen molar-refractivity contribution in [2.45, 2.75) is 51.8 Å². The number of hydrogen-bond acceptors (Lipinski definition) is 2. The number of nitrogens with one attached hydrogen (secondary N) is 1. The molecule has 106 valence electrons. The van der Waals surface area contributed by atoms with Gasteiger partial charge in [0.1, 0.15) is 5.82 Å². The topological polar surface area (TPSA) is 21.3 Å². The fourth-order valence-corrected chi connectivity index (χ4v) is 2.98. The number of rotatable bonds is 5. The van der Waals surface area contributed by atoms with Gasteiger partial charge in [0.15, 0.2) is 0 Å². The summed E-state index contributed by atoms with van der Waals surface area (Å²) in [6, 6.07) is 7.51. The van der Waals surface area contributed by atoms with E-state index in [1.165, 1.54) is 6.07 Å². The van der Waals surface area contributed by atoms with Gasteiger partial charge in [-0.05, 0) is 30.5 Å². The van der Waals surface area contributed by atoms with Crippen LogP contribution in [0.2, 0.25) is 0 Å². The third-order valence-electron chi connectivity index (χ3n) is 4.52. The fraction of sp³-hybridized carbons (Fsp3) is 0.625. The van der Waals surface area contributed by atoms with Gasteiger partial charge in [0.25, 0.3) is 0 Å². The van der Waals surface area contributed by atoms with Crippen molar-refractivity contribution in [1.29, 1.82) is 0 Å². The lowest BCUT2D eigenvalue weighted by Gasteiger charge is -2.52. The van der Waals surface area contributed by atoms with Gasteiger partial charge in [0, 0.05) is 24.6 Å². The third-order valence-corrected chi connectivity index (χ3v) is 4.52. The van der Waals surface area contributed by atoms with E-state index in [1.807, 2.05) is 6.07 Å². The van der Waals surface area contributed by atoms with Crippen LogP contribution in [-0.2, 0) is 4.74 Å². The van der Waals surface area contributed by atoms with E-state index in [2.05, 4.69) is 26.1 Å². The van der Waals surface area contributed by atoms with Crippen LogP contribution >= 0.6 is 0 Å². The molecular formula is C16H24FNO. The third kappa shape index (κ3) is 2.82. The molecule has 1 aliphatic carbocycles. The zero-order chi connectivity index (χ0) is 14.0. The normalized spacial score (nSPS) is 26.8. The van der Waals surface area contributed by atoms with Crippen molar-refractivity contribution >= 4 is 0 Å². The minimum absolute atomic E-state index is 0.134. The van der Waals surface area contributed by atoms with Crippen LogP contribution in [-0.4, -0.2) is 19.3 Å². The largest absolute Gasteiger partial charge is 0.381 e. The van der Waals surface area contributed by atoms with Gasteiger partial charge in [-0.2, -0.15) is 0 Å². The molecule has 0 saturated heterocycles. The molecule has 3 atom stereocenters. The van der Waals surface area contributed by atoms with Crippen molar-refractivity contribution in [1.82, 2.24) is 5.32 Å². The van der Waals surface area contributed by atoms with E-state index in [1.54, 1.807) is 19.2 Å². The van der Waals surface area contributed by atoms with Gasteiger partial charge in [0.05, 0.1) is 6.10 Å². The summed E-state index contributed by atoms with van der Waals surface area (Å²) in [5.41, 5.74) is 1.16. The van der Waals surface area contributed by atoms with Gasteiger partial charge in [-0.15, -0.1) is 0 Å². The monoisotopic (exact) mass is 265 g/mol. The van der Waals surface area contributed by atoms with Crippen LogP contribution in [0, 0.1) is 11.2 Å². The van der Waals surface area contributed by atoms with E-state index in [9.17, 15) is 4.39 Å². The summed E-state index contributed by atoms with van der Waals surface area (Å²) in [5.74, 6) is -0.166. The lowest BCUT2D eigenvalue weighted by molar-refractivity contribution is -0.100. The Morgan fingerprint density at radius 1 is 1.47 bits per heavy atom. The number of hydrogen-bond donors (Lipinski definition) is 1. The molecule has 2 rings (SSSR count). The second-order valence-electron chi connectivity index (χ2n) is 6.02. The highest BCUT2D eigenvalue weighted by molar-refractivity contribution is 5.21. The average Bonchev–Trinajstić information content (AvgIpc) is 2.38. The first-order chi connectivity index (χ1) is 8.98. The highest BCUT2D eigenvalue weighted by Crippen LogP contribution is 2.43. The summed E-state index contributed by atoms with van der Waals surface area (Å²) in [5, 5.41) is 3.65. The van der Waals surface area contributed by atoms with Crippen molar-refractivity contribution in [3.8, 4) is 0 Å². The van der Waals surface area contributed by atoms with Crippen molar-refractivity contribution in [2.75, 3.05) is 7.11 Å². The molecule has 0 heterocycles. The molecule has 0 bridgehead atoms. The van der Waals surface area contributed by atoms with E-state index >= 15 is 0 Å². The minimum atomic E-state index is -0.166. The van der Waals surface area contributed by atoms with Crippen molar-refractivity contribution < 1.29 is 9.13 Å². The van der Waals surface area contributed by atoms with Crippen molar-refractivity contribution in [2.24, 2.45) is 5.41 Å². The predicted molar refractivity (Wildman–Crippen MR) is 75.6 cm³/mol. The first-order valence-electron chi connectivity index (χ1n) is 7.03. The summed E-state index contributed by atoms with van der Waals surface area (Å²) in [4.78, 5) is 0. The second-order valence-corrected chi connectivity index (χ2v) is 6.02. The maximum absolute atomic E-state index is 13.3. The van der Waals surface area contributed by atoms with Crippen molar-refractivity contribution in [3.63, 3.8) is 0 Å². The number of halogens is 1. The molecule has 1 N–H and O–H groups in total. The molecule has 3 unspecified atom stereocenters. The molecule has 19 heavy (non-hydrogen) atoms. The number of benzene rings is 1. The Bertz CT molecular complexity index is 433. The minimum Gasteiger partial charge on any atom is -0.381 e. The van der Waals surface area contributed by atoms with Crippen LogP contribution in [0.15, 0.2) is 24.3 Å². The van der Waals surface area contributed by atoms with Crippen molar-refractivity contribution in [3.05, 3.63) is 35.6 Å². The summed E-state index contributed by atoms with van der Waals surface area (Å²) in [6.45, 7) is 6.57. The van der Waals surface area contributed by atoms with E-state index in [4.69, 9.17) is 4.74 Å². The Labute approximate surface area is 115 Å². The van der Waals surface area contributed by atoms with E-state index in [0.29, 0.717) is 12.1 Å². The highest BCUT2D eigenvalue weighted by atomic mass is 19.1. The second kappa shape index (κ2) is 5.59. The molecule has 1 aliphatic rings. The maximum Gasteiger partial charge on any atom is 0.123 e. The number of methoxy groups -OCH3 is 1. The molecule has 3 heteroatoms. The lowest BCUT2D eigenvalue weighted by Crippen LogP contribution is -2.61. The quantitative estimate of drug-likeness (QED) is 0.877. The molecule has 0 spiro atoms.